The van der Waals surface area contributed by atoms with E-state index in [4.69, 9.17) is 23.2 Å². The van der Waals surface area contributed by atoms with E-state index in [0.29, 0.717) is 21.3 Å². The molecule has 1 aliphatic rings. The SMILES string of the molecule is CCCNC1CCC(Sc2ccc(Cl)c(Cl)c2)C1. The third-order valence-electron chi connectivity index (χ3n) is 3.26. The summed E-state index contributed by atoms with van der Waals surface area (Å²) in [5.74, 6) is 0. The van der Waals surface area contributed by atoms with E-state index in [0.717, 1.165) is 6.54 Å². The average Bonchev–Trinajstić information content (AvgIpc) is 2.79. The Balaban J connectivity index is 1.85. The van der Waals surface area contributed by atoms with Gasteiger partial charge in [0.25, 0.3) is 0 Å². The van der Waals surface area contributed by atoms with Gasteiger partial charge in [0.1, 0.15) is 0 Å². The summed E-state index contributed by atoms with van der Waals surface area (Å²) in [6.45, 7) is 3.35. The van der Waals surface area contributed by atoms with E-state index in [2.05, 4.69) is 18.3 Å². The minimum atomic E-state index is 0.634. The van der Waals surface area contributed by atoms with E-state index in [1.165, 1.54) is 30.6 Å². The number of hydrogen-bond acceptors (Lipinski definition) is 2. The van der Waals surface area contributed by atoms with Crippen molar-refractivity contribution < 1.29 is 0 Å². The number of halogens is 2. The summed E-state index contributed by atoms with van der Waals surface area (Å²) in [5, 5.41) is 5.60. The zero-order valence-corrected chi connectivity index (χ0v) is 12.9. The van der Waals surface area contributed by atoms with Crippen molar-refractivity contribution in [2.45, 2.75) is 48.8 Å². The standard InChI is InChI=1S/C14H19Cl2NS/c1-2-7-17-10-3-4-11(8-10)18-12-5-6-13(15)14(16)9-12/h5-6,9-11,17H,2-4,7-8H2,1H3. The lowest BCUT2D eigenvalue weighted by atomic mass is 10.2. The minimum Gasteiger partial charge on any atom is -0.314 e. The van der Waals surface area contributed by atoms with Crippen LogP contribution in [0.4, 0.5) is 0 Å². The Morgan fingerprint density at radius 3 is 2.83 bits per heavy atom. The van der Waals surface area contributed by atoms with E-state index < -0.39 is 0 Å². The molecule has 0 heterocycles. The van der Waals surface area contributed by atoms with E-state index in [1.807, 2.05) is 23.9 Å². The Morgan fingerprint density at radius 2 is 2.11 bits per heavy atom. The predicted octanol–water partition coefficient (Wildman–Crippen LogP) is 5.01. The molecule has 0 radical (unpaired) electrons. The van der Waals surface area contributed by atoms with E-state index in [1.54, 1.807) is 0 Å². The lowest BCUT2D eigenvalue weighted by molar-refractivity contribution is 0.524. The van der Waals surface area contributed by atoms with Crippen LogP contribution in [0.2, 0.25) is 10.0 Å². The molecule has 0 bridgehead atoms. The molecule has 100 valence electrons. The second-order valence-corrected chi connectivity index (χ2v) is 6.97. The highest BCUT2D eigenvalue weighted by atomic mass is 35.5. The van der Waals surface area contributed by atoms with Crippen LogP contribution in [0.3, 0.4) is 0 Å². The number of hydrogen-bond donors (Lipinski definition) is 1. The molecule has 2 rings (SSSR count). The first-order valence-corrected chi connectivity index (χ1v) is 8.17. The highest BCUT2D eigenvalue weighted by molar-refractivity contribution is 8.00. The fourth-order valence-corrected chi connectivity index (χ4v) is 3.99. The van der Waals surface area contributed by atoms with Crippen molar-refractivity contribution in [1.29, 1.82) is 0 Å². The molecule has 1 N–H and O–H groups in total. The van der Waals surface area contributed by atoms with Crippen molar-refractivity contribution in [3.8, 4) is 0 Å². The van der Waals surface area contributed by atoms with Crippen LogP contribution in [-0.4, -0.2) is 17.8 Å². The molecule has 2 unspecified atom stereocenters. The van der Waals surface area contributed by atoms with Crippen LogP contribution in [0.1, 0.15) is 32.6 Å². The summed E-state index contributed by atoms with van der Waals surface area (Å²) in [4.78, 5) is 1.23. The lowest BCUT2D eigenvalue weighted by Gasteiger charge is -2.12. The van der Waals surface area contributed by atoms with E-state index in [9.17, 15) is 0 Å². The Kier molecular flexibility index (Phi) is 5.68. The van der Waals surface area contributed by atoms with Crippen LogP contribution >= 0.6 is 35.0 Å². The Hall–Kier alpha value is 0.110. The van der Waals surface area contributed by atoms with Gasteiger partial charge in [0.05, 0.1) is 10.0 Å². The van der Waals surface area contributed by atoms with Crippen molar-refractivity contribution in [2.24, 2.45) is 0 Å². The van der Waals surface area contributed by atoms with E-state index in [-0.39, 0.29) is 0 Å². The number of nitrogens with one attached hydrogen (secondary N) is 1. The normalized spacial score (nSPS) is 23.5. The van der Waals surface area contributed by atoms with Gasteiger partial charge in [0.15, 0.2) is 0 Å². The maximum Gasteiger partial charge on any atom is 0.0603 e. The molecule has 2 atom stereocenters. The second-order valence-electron chi connectivity index (χ2n) is 4.78. The first-order valence-electron chi connectivity index (χ1n) is 6.54. The minimum absolute atomic E-state index is 0.634. The van der Waals surface area contributed by atoms with Crippen molar-refractivity contribution in [3.63, 3.8) is 0 Å². The van der Waals surface area contributed by atoms with Gasteiger partial charge >= 0.3 is 0 Å². The molecule has 18 heavy (non-hydrogen) atoms. The fraction of sp³-hybridized carbons (Fsp3) is 0.571. The first-order chi connectivity index (χ1) is 8.69. The monoisotopic (exact) mass is 303 g/mol. The first kappa shape index (κ1) is 14.5. The number of thioether (sulfide) groups is 1. The zero-order valence-electron chi connectivity index (χ0n) is 10.6. The molecule has 0 aromatic heterocycles. The van der Waals surface area contributed by atoms with Crippen LogP contribution in [0.5, 0.6) is 0 Å². The molecule has 1 fully saturated rings. The van der Waals surface area contributed by atoms with Gasteiger partial charge in [-0.25, -0.2) is 0 Å². The third-order valence-corrected chi connectivity index (χ3v) is 5.29. The second kappa shape index (κ2) is 7.04. The van der Waals surface area contributed by atoms with Crippen LogP contribution in [0.25, 0.3) is 0 Å². The molecular formula is C14H19Cl2NS. The molecule has 0 amide bonds. The van der Waals surface area contributed by atoms with Crippen molar-refractivity contribution >= 4 is 35.0 Å². The molecule has 1 aliphatic carbocycles. The molecule has 0 aliphatic heterocycles. The fourth-order valence-electron chi connectivity index (χ4n) is 2.32. The van der Waals surface area contributed by atoms with Gasteiger partial charge in [-0.1, -0.05) is 30.1 Å². The van der Waals surface area contributed by atoms with Crippen LogP contribution in [0.15, 0.2) is 23.1 Å². The van der Waals surface area contributed by atoms with Gasteiger partial charge in [0.2, 0.25) is 0 Å². The van der Waals surface area contributed by atoms with Gasteiger partial charge in [-0.2, -0.15) is 0 Å². The zero-order chi connectivity index (χ0) is 13.0. The largest absolute Gasteiger partial charge is 0.314 e. The van der Waals surface area contributed by atoms with E-state index >= 15 is 0 Å². The smallest absolute Gasteiger partial charge is 0.0603 e. The van der Waals surface area contributed by atoms with Crippen LogP contribution in [-0.2, 0) is 0 Å². The highest BCUT2D eigenvalue weighted by Crippen LogP contribution is 2.37. The summed E-state index contributed by atoms with van der Waals surface area (Å²) >= 11 is 13.9. The third kappa shape index (κ3) is 4.06. The van der Waals surface area contributed by atoms with Gasteiger partial charge in [0, 0.05) is 16.2 Å². The van der Waals surface area contributed by atoms with Crippen molar-refractivity contribution in [1.82, 2.24) is 5.32 Å². The van der Waals surface area contributed by atoms with Crippen molar-refractivity contribution in [3.05, 3.63) is 28.2 Å². The Morgan fingerprint density at radius 1 is 1.28 bits per heavy atom. The molecule has 1 aromatic rings. The summed E-state index contributed by atoms with van der Waals surface area (Å²) in [5.41, 5.74) is 0. The summed E-state index contributed by atoms with van der Waals surface area (Å²) in [7, 11) is 0. The maximum absolute atomic E-state index is 6.04. The molecule has 0 spiro atoms. The molecule has 4 heteroatoms. The quantitative estimate of drug-likeness (QED) is 0.821. The van der Waals surface area contributed by atoms with Gasteiger partial charge in [-0.15, -0.1) is 11.8 Å². The van der Waals surface area contributed by atoms with Crippen LogP contribution < -0.4 is 5.32 Å². The van der Waals surface area contributed by atoms with Crippen molar-refractivity contribution in [2.75, 3.05) is 6.54 Å². The lowest BCUT2D eigenvalue weighted by Crippen LogP contribution is -2.27. The predicted molar refractivity (Wildman–Crippen MR) is 82.0 cm³/mol. The average molecular weight is 304 g/mol. The van der Waals surface area contributed by atoms with Gasteiger partial charge < -0.3 is 5.32 Å². The summed E-state index contributed by atoms with van der Waals surface area (Å²) in [6, 6.07) is 6.62. The molecule has 1 aromatic carbocycles. The molecule has 0 saturated heterocycles. The molecule has 1 saturated carbocycles. The topological polar surface area (TPSA) is 12.0 Å². The Bertz CT molecular complexity index is 397. The van der Waals surface area contributed by atoms with Gasteiger partial charge in [-0.3, -0.25) is 0 Å². The summed E-state index contributed by atoms with van der Waals surface area (Å²) in [6.07, 6.45) is 5.04. The number of rotatable bonds is 5. The Labute approximate surface area is 124 Å². The highest BCUT2D eigenvalue weighted by Gasteiger charge is 2.24. The van der Waals surface area contributed by atoms with Gasteiger partial charge in [-0.05, 0) is 50.4 Å². The molecule has 1 nitrogen and oxygen atoms in total. The van der Waals surface area contributed by atoms with Crippen LogP contribution in [0, 0.1) is 0 Å². The summed E-state index contributed by atoms with van der Waals surface area (Å²) < 4.78 is 0. The number of benzene rings is 1. The maximum atomic E-state index is 6.04. The molecular weight excluding hydrogens is 285 g/mol.